The van der Waals surface area contributed by atoms with Gasteiger partial charge >= 0.3 is 0 Å². The van der Waals surface area contributed by atoms with Crippen molar-refractivity contribution in [2.24, 2.45) is 0 Å². The maximum atomic E-state index is 6.35. The first kappa shape index (κ1) is 18.4. The van der Waals surface area contributed by atoms with Gasteiger partial charge in [-0.05, 0) is 49.2 Å². The Morgan fingerprint density at radius 1 is 0.913 bits per heavy atom. The van der Waals surface area contributed by atoms with E-state index in [0.29, 0.717) is 20.8 Å². The largest absolute Gasteiger partial charge is 0.486 e. The van der Waals surface area contributed by atoms with Crippen molar-refractivity contribution in [1.82, 2.24) is 5.48 Å². The second kappa shape index (κ2) is 8.22. The molecule has 0 heterocycles. The van der Waals surface area contributed by atoms with Gasteiger partial charge in [0.05, 0.1) is 23.2 Å². The molecule has 0 aliphatic heterocycles. The summed E-state index contributed by atoms with van der Waals surface area (Å²) in [6.45, 7) is 3.86. The van der Waals surface area contributed by atoms with Crippen LogP contribution in [0.4, 0.5) is 0 Å². The molecule has 3 nitrogen and oxygen atoms in total. The van der Waals surface area contributed by atoms with Crippen molar-refractivity contribution in [2.45, 2.75) is 26.0 Å². The second-order valence-corrected chi connectivity index (χ2v) is 6.46. The van der Waals surface area contributed by atoms with Gasteiger partial charge in [-0.15, -0.1) is 0 Å². The summed E-state index contributed by atoms with van der Waals surface area (Å²) in [7, 11) is 1.56. The third kappa shape index (κ3) is 4.75. The van der Waals surface area contributed by atoms with Gasteiger partial charge in [0.15, 0.2) is 5.75 Å². The minimum Gasteiger partial charge on any atom is -0.486 e. The molecule has 0 saturated carbocycles. The van der Waals surface area contributed by atoms with Crippen LogP contribution in [-0.2, 0) is 4.84 Å². The van der Waals surface area contributed by atoms with Crippen LogP contribution in [0.2, 0.25) is 15.1 Å². The van der Waals surface area contributed by atoms with Crippen LogP contribution in [0.5, 0.6) is 5.75 Å². The fourth-order valence-corrected chi connectivity index (χ4v) is 2.75. The zero-order valence-corrected chi connectivity index (χ0v) is 15.3. The van der Waals surface area contributed by atoms with Gasteiger partial charge < -0.3 is 9.57 Å². The van der Waals surface area contributed by atoms with Gasteiger partial charge in [0, 0.05) is 5.02 Å². The molecule has 2 aromatic rings. The summed E-state index contributed by atoms with van der Waals surface area (Å²) >= 11 is 18.6. The molecule has 0 saturated heterocycles. The zero-order chi connectivity index (χ0) is 17.0. The number of nitrogens with one attached hydrogen (secondary N) is 1. The molecule has 1 N–H and O–H groups in total. The molecule has 0 fully saturated rings. The first-order chi connectivity index (χ1) is 10.9. The Hall–Kier alpha value is -0.970. The molecule has 124 valence electrons. The van der Waals surface area contributed by atoms with E-state index in [4.69, 9.17) is 44.4 Å². The Labute approximate surface area is 151 Å². The highest BCUT2D eigenvalue weighted by molar-refractivity contribution is 6.37. The Morgan fingerprint density at radius 3 is 2.00 bits per heavy atom. The highest BCUT2D eigenvalue weighted by Crippen LogP contribution is 2.38. The molecule has 2 rings (SSSR count). The summed E-state index contributed by atoms with van der Waals surface area (Å²) in [4.78, 5) is 4.90. The van der Waals surface area contributed by atoms with Crippen LogP contribution in [0.25, 0.3) is 11.1 Å². The van der Waals surface area contributed by atoms with E-state index in [1.54, 1.807) is 7.11 Å². The van der Waals surface area contributed by atoms with Crippen molar-refractivity contribution >= 4 is 34.8 Å². The average Bonchev–Trinajstić information content (AvgIpc) is 2.51. The molecular weight excluding hydrogens is 357 g/mol. The highest BCUT2D eigenvalue weighted by Gasteiger charge is 2.18. The van der Waals surface area contributed by atoms with Crippen LogP contribution >= 0.6 is 34.8 Å². The fourth-order valence-electron chi connectivity index (χ4n) is 2.05. The second-order valence-electron chi connectivity index (χ2n) is 5.21. The van der Waals surface area contributed by atoms with Crippen LogP contribution < -0.4 is 10.2 Å². The van der Waals surface area contributed by atoms with Gasteiger partial charge in [-0.25, -0.2) is 0 Å². The Balaban J connectivity index is 2.25. The number of hydrogen-bond acceptors (Lipinski definition) is 3. The lowest BCUT2D eigenvalue weighted by atomic mass is 10.1. The van der Waals surface area contributed by atoms with Gasteiger partial charge in [-0.2, -0.15) is 5.48 Å². The molecule has 0 aliphatic carbocycles. The van der Waals surface area contributed by atoms with Crippen LogP contribution in [-0.4, -0.2) is 19.3 Å². The van der Waals surface area contributed by atoms with Gasteiger partial charge in [-0.1, -0.05) is 46.9 Å². The Morgan fingerprint density at radius 2 is 1.48 bits per heavy atom. The number of halogens is 3. The number of hydroxylamine groups is 1. The lowest BCUT2D eigenvalue weighted by molar-refractivity contribution is 0.0270. The molecule has 0 aromatic heterocycles. The lowest BCUT2D eigenvalue weighted by Crippen LogP contribution is -2.38. The maximum absolute atomic E-state index is 6.35. The predicted molar refractivity (Wildman–Crippen MR) is 96.6 cm³/mol. The van der Waals surface area contributed by atoms with Crippen LogP contribution in [0.3, 0.4) is 0 Å². The van der Waals surface area contributed by atoms with E-state index in [-0.39, 0.29) is 12.1 Å². The van der Waals surface area contributed by atoms with E-state index in [0.717, 1.165) is 11.1 Å². The van der Waals surface area contributed by atoms with E-state index in [1.807, 2.05) is 50.2 Å². The zero-order valence-electron chi connectivity index (χ0n) is 13.1. The van der Waals surface area contributed by atoms with Crippen molar-refractivity contribution in [1.29, 1.82) is 0 Å². The predicted octanol–water partition coefficient (Wildman–Crippen LogP) is 5.62. The van der Waals surface area contributed by atoms with Crippen molar-refractivity contribution in [3.8, 4) is 16.9 Å². The molecule has 2 unspecified atom stereocenters. The normalized spacial score (nSPS) is 13.7. The molecule has 2 aromatic carbocycles. The first-order valence-corrected chi connectivity index (χ1v) is 8.26. The third-order valence-electron chi connectivity index (χ3n) is 3.49. The number of hydrogen-bond donors (Lipinski definition) is 1. The number of rotatable bonds is 6. The van der Waals surface area contributed by atoms with E-state index in [1.165, 1.54) is 0 Å². The summed E-state index contributed by atoms with van der Waals surface area (Å²) in [6.07, 6.45) is -0.175. The average molecular weight is 375 g/mol. The van der Waals surface area contributed by atoms with Crippen LogP contribution in [0, 0.1) is 0 Å². The molecule has 0 bridgehead atoms. The van der Waals surface area contributed by atoms with E-state index in [9.17, 15) is 0 Å². The molecule has 0 radical (unpaired) electrons. The van der Waals surface area contributed by atoms with Gasteiger partial charge in [-0.3, -0.25) is 0 Å². The topological polar surface area (TPSA) is 30.5 Å². The number of ether oxygens (including phenoxy) is 1. The van der Waals surface area contributed by atoms with E-state index >= 15 is 0 Å². The lowest BCUT2D eigenvalue weighted by Gasteiger charge is -2.23. The summed E-state index contributed by atoms with van der Waals surface area (Å²) in [6, 6.07) is 11.1. The summed E-state index contributed by atoms with van der Waals surface area (Å²) in [5, 5.41) is 1.59. The van der Waals surface area contributed by atoms with Crippen molar-refractivity contribution in [3.63, 3.8) is 0 Å². The smallest absolute Gasteiger partial charge is 0.156 e. The van der Waals surface area contributed by atoms with Gasteiger partial charge in [0.25, 0.3) is 0 Å². The van der Waals surface area contributed by atoms with E-state index in [2.05, 4.69) is 5.48 Å². The summed E-state index contributed by atoms with van der Waals surface area (Å²) in [5.41, 5.74) is 4.70. The monoisotopic (exact) mass is 373 g/mol. The summed E-state index contributed by atoms with van der Waals surface area (Å²) < 4.78 is 5.87. The minimum absolute atomic E-state index is 0.0249. The molecular formula is C17H18Cl3NO2. The van der Waals surface area contributed by atoms with E-state index < -0.39 is 0 Å². The van der Waals surface area contributed by atoms with Gasteiger partial charge in [0.1, 0.15) is 6.10 Å². The van der Waals surface area contributed by atoms with Crippen molar-refractivity contribution in [3.05, 3.63) is 51.5 Å². The molecule has 6 heteroatoms. The van der Waals surface area contributed by atoms with Crippen molar-refractivity contribution < 1.29 is 9.57 Å². The molecule has 2 atom stereocenters. The third-order valence-corrected chi connectivity index (χ3v) is 4.30. The fraction of sp³-hybridized carbons (Fsp3) is 0.294. The SMILES string of the molecule is CONC(C)C(C)Oc1c(Cl)cc(-c2ccc(Cl)cc2)cc1Cl. The quantitative estimate of drug-likeness (QED) is 0.666. The number of benzene rings is 2. The Kier molecular flexibility index (Phi) is 6.57. The molecule has 0 aliphatic rings. The maximum Gasteiger partial charge on any atom is 0.156 e. The van der Waals surface area contributed by atoms with Crippen molar-refractivity contribution in [2.75, 3.05) is 7.11 Å². The standard InChI is InChI=1S/C17H18Cl3NO2/c1-10(21-22-3)11(2)23-17-15(19)8-13(9-16(17)20)12-4-6-14(18)7-5-12/h4-11,21H,1-3H3. The Bertz CT molecular complexity index is 638. The highest BCUT2D eigenvalue weighted by atomic mass is 35.5. The molecule has 23 heavy (non-hydrogen) atoms. The summed E-state index contributed by atoms with van der Waals surface area (Å²) in [5.74, 6) is 0.461. The minimum atomic E-state index is -0.175. The van der Waals surface area contributed by atoms with Crippen LogP contribution in [0.1, 0.15) is 13.8 Å². The van der Waals surface area contributed by atoms with Gasteiger partial charge in [0.2, 0.25) is 0 Å². The molecule has 0 spiro atoms. The molecule has 0 amide bonds. The first-order valence-electron chi connectivity index (χ1n) is 7.12. The van der Waals surface area contributed by atoms with Crippen LogP contribution in [0.15, 0.2) is 36.4 Å².